The summed E-state index contributed by atoms with van der Waals surface area (Å²) < 4.78 is 1.88. The van der Waals surface area contributed by atoms with Crippen molar-refractivity contribution >= 4 is 11.8 Å². The zero-order valence-electron chi connectivity index (χ0n) is 18.6. The topological polar surface area (TPSA) is 62.2 Å². The van der Waals surface area contributed by atoms with Gasteiger partial charge in [0.15, 0.2) is 0 Å². The van der Waals surface area contributed by atoms with Gasteiger partial charge in [-0.1, -0.05) is 45.0 Å². The Kier molecular flexibility index (Phi) is 6.55. The molecule has 154 valence electrons. The van der Waals surface area contributed by atoms with Gasteiger partial charge in [-0.2, -0.15) is 5.10 Å². The Hall–Kier alpha value is -2.34. The van der Waals surface area contributed by atoms with Gasteiger partial charge in [-0.25, -0.2) is 9.48 Å². The van der Waals surface area contributed by atoms with E-state index in [9.17, 15) is 4.79 Å². The second kappa shape index (κ2) is 8.35. The van der Waals surface area contributed by atoms with E-state index in [2.05, 4.69) is 69.2 Å². The second-order valence-electron chi connectivity index (χ2n) is 9.61. The van der Waals surface area contributed by atoms with Crippen molar-refractivity contribution in [2.45, 2.75) is 65.6 Å². The first-order chi connectivity index (χ1) is 12.9. The molecular formula is C22H35N5O. The zero-order chi connectivity index (χ0) is 21.1. The van der Waals surface area contributed by atoms with E-state index in [1.54, 1.807) is 0 Å². The molecular weight excluding hydrogens is 350 g/mol. The number of nitrogens with one attached hydrogen (secondary N) is 2. The smallest absolute Gasteiger partial charge is 0.320 e. The molecule has 2 rings (SSSR count). The minimum atomic E-state index is -0.233. The van der Waals surface area contributed by atoms with Gasteiger partial charge in [0.2, 0.25) is 0 Å². The maximum atomic E-state index is 12.5. The van der Waals surface area contributed by atoms with Crippen LogP contribution in [0.3, 0.4) is 0 Å². The van der Waals surface area contributed by atoms with Gasteiger partial charge in [0.1, 0.15) is 5.82 Å². The van der Waals surface area contributed by atoms with Crippen molar-refractivity contribution < 1.29 is 4.79 Å². The molecule has 6 nitrogen and oxygen atoms in total. The molecule has 6 heteroatoms. The maximum absolute atomic E-state index is 12.5. The molecule has 0 aliphatic carbocycles. The minimum absolute atomic E-state index is 0.0870. The van der Waals surface area contributed by atoms with Gasteiger partial charge in [-0.3, -0.25) is 5.32 Å². The van der Waals surface area contributed by atoms with Gasteiger partial charge in [0.05, 0.1) is 11.2 Å². The first kappa shape index (κ1) is 22.0. The fourth-order valence-electron chi connectivity index (χ4n) is 2.89. The third-order valence-electron chi connectivity index (χ3n) is 4.30. The molecule has 0 unspecified atom stereocenters. The van der Waals surface area contributed by atoms with Crippen LogP contribution >= 0.6 is 0 Å². The lowest BCUT2D eigenvalue weighted by Crippen LogP contribution is -2.32. The second-order valence-corrected chi connectivity index (χ2v) is 9.61. The highest BCUT2D eigenvalue weighted by Gasteiger charge is 2.25. The molecule has 2 amide bonds. The number of anilines is 1. The van der Waals surface area contributed by atoms with Gasteiger partial charge >= 0.3 is 6.03 Å². The number of rotatable bonds is 5. The Bertz CT molecular complexity index is 809. The van der Waals surface area contributed by atoms with Crippen molar-refractivity contribution in [3.63, 3.8) is 0 Å². The van der Waals surface area contributed by atoms with E-state index in [1.165, 1.54) is 5.56 Å². The summed E-state index contributed by atoms with van der Waals surface area (Å²) in [6.45, 7) is 13.9. The summed E-state index contributed by atoms with van der Waals surface area (Å²) in [4.78, 5) is 14.6. The van der Waals surface area contributed by atoms with Crippen LogP contribution in [0.1, 0.15) is 58.4 Å². The van der Waals surface area contributed by atoms with Gasteiger partial charge < -0.3 is 10.2 Å². The van der Waals surface area contributed by atoms with Crippen molar-refractivity contribution in [2.75, 3.05) is 19.4 Å². The van der Waals surface area contributed by atoms with Crippen LogP contribution in [-0.4, -0.2) is 34.8 Å². The van der Waals surface area contributed by atoms with Gasteiger partial charge in [0.25, 0.3) is 0 Å². The Labute approximate surface area is 169 Å². The molecule has 1 heterocycles. The molecule has 0 atom stereocenters. The van der Waals surface area contributed by atoms with E-state index in [0.717, 1.165) is 17.8 Å². The van der Waals surface area contributed by atoms with E-state index in [1.807, 2.05) is 37.0 Å². The standard InChI is InChI=1S/C22H35N5O/c1-21(2,3)18-13-19(27(25-18)22(4,5)6)24-20(28)23-14-16-10-9-11-17(12-16)15-26(7)8/h9-13H,14-15H2,1-8H3,(H2,23,24,28). The van der Waals surface area contributed by atoms with Crippen LogP contribution in [0, 0.1) is 0 Å². The summed E-state index contributed by atoms with van der Waals surface area (Å²) in [7, 11) is 4.09. The predicted octanol–water partition coefficient (Wildman–Crippen LogP) is 4.32. The molecule has 0 fully saturated rings. The van der Waals surface area contributed by atoms with Crippen molar-refractivity contribution in [1.29, 1.82) is 0 Å². The molecule has 0 spiro atoms. The highest BCUT2D eigenvalue weighted by atomic mass is 16.2. The lowest BCUT2D eigenvalue weighted by molar-refractivity contribution is 0.251. The lowest BCUT2D eigenvalue weighted by Gasteiger charge is -2.23. The lowest BCUT2D eigenvalue weighted by atomic mass is 9.92. The van der Waals surface area contributed by atoms with Crippen LogP contribution in [0.15, 0.2) is 30.3 Å². The molecule has 0 aliphatic rings. The van der Waals surface area contributed by atoms with E-state index < -0.39 is 0 Å². The van der Waals surface area contributed by atoms with Crippen LogP contribution < -0.4 is 10.6 Å². The van der Waals surface area contributed by atoms with Crippen LogP contribution in [0.25, 0.3) is 0 Å². The summed E-state index contributed by atoms with van der Waals surface area (Å²) in [6, 6.07) is 10.00. The number of aromatic nitrogens is 2. The molecule has 0 saturated heterocycles. The first-order valence-electron chi connectivity index (χ1n) is 9.74. The Morgan fingerprint density at radius 2 is 1.71 bits per heavy atom. The summed E-state index contributed by atoms with van der Waals surface area (Å²) in [5.74, 6) is 0.705. The Morgan fingerprint density at radius 3 is 2.29 bits per heavy atom. The van der Waals surface area contributed by atoms with E-state index in [4.69, 9.17) is 5.10 Å². The molecule has 28 heavy (non-hydrogen) atoms. The van der Waals surface area contributed by atoms with Crippen LogP contribution in [0.2, 0.25) is 0 Å². The third kappa shape index (κ3) is 6.09. The predicted molar refractivity (Wildman–Crippen MR) is 116 cm³/mol. The molecule has 1 aromatic heterocycles. The SMILES string of the molecule is CN(C)Cc1cccc(CNC(=O)Nc2cc(C(C)(C)C)nn2C(C)(C)C)c1. The molecule has 0 saturated carbocycles. The van der Waals surface area contributed by atoms with Crippen molar-refractivity contribution in [2.24, 2.45) is 0 Å². The van der Waals surface area contributed by atoms with E-state index in [0.29, 0.717) is 12.4 Å². The average molecular weight is 386 g/mol. The Balaban J connectivity index is 2.08. The summed E-state index contributed by atoms with van der Waals surface area (Å²) in [5, 5.41) is 10.7. The number of carbonyl (C=O) groups excluding carboxylic acids is 1. The molecule has 2 aromatic rings. The number of nitrogens with zero attached hydrogens (tertiary/aromatic N) is 3. The van der Waals surface area contributed by atoms with Crippen molar-refractivity contribution in [3.05, 3.63) is 47.2 Å². The normalized spacial score (nSPS) is 12.3. The summed E-state index contributed by atoms with van der Waals surface area (Å²) in [5.41, 5.74) is 2.94. The number of hydrogen-bond acceptors (Lipinski definition) is 3. The van der Waals surface area contributed by atoms with Crippen molar-refractivity contribution in [1.82, 2.24) is 20.0 Å². The molecule has 0 bridgehead atoms. The number of amides is 2. The maximum Gasteiger partial charge on any atom is 0.320 e. The average Bonchev–Trinajstić information content (AvgIpc) is 2.97. The first-order valence-corrected chi connectivity index (χ1v) is 9.74. The number of carbonyl (C=O) groups is 1. The fourth-order valence-corrected chi connectivity index (χ4v) is 2.89. The Morgan fingerprint density at radius 1 is 1.07 bits per heavy atom. The number of hydrogen-bond donors (Lipinski definition) is 2. The third-order valence-corrected chi connectivity index (χ3v) is 4.30. The van der Waals surface area contributed by atoms with E-state index in [-0.39, 0.29) is 17.0 Å². The number of benzene rings is 1. The van der Waals surface area contributed by atoms with Gasteiger partial charge in [-0.05, 0) is 46.0 Å². The highest BCUT2D eigenvalue weighted by molar-refractivity contribution is 5.88. The summed E-state index contributed by atoms with van der Waals surface area (Å²) in [6.07, 6.45) is 0. The largest absolute Gasteiger partial charge is 0.334 e. The molecule has 2 N–H and O–H groups in total. The van der Waals surface area contributed by atoms with Crippen LogP contribution in [-0.2, 0) is 24.0 Å². The van der Waals surface area contributed by atoms with Crippen LogP contribution in [0.5, 0.6) is 0 Å². The minimum Gasteiger partial charge on any atom is -0.334 e. The monoisotopic (exact) mass is 385 g/mol. The number of urea groups is 1. The highest BCUT2D eigenvalue weighted by Crippen LogP contribution is 2.28. The van der Waals surface area contributed by atoms with Gasteiger partial charge in [0, 0.05) is 24.6 Å². The van der Waals surface area contributed by atoms with E-state index >= 15 is 0 Å². The quantitative estimate of drug-likeness (QED) is 0.806. The molecule has 0 aliphatic heterocycles. The molecule has 1 aromatic carbocycles. The zero-order valence-corrected chi connectivity index (χ0v) is 18.6. The fraction of sp³-hybridized carbons (Fsp3) is 0.545. The van der Waals surface area contributed by atoms with Crippen molar-refractivity contribution in [3.8, 4) is 0 Å². The summed E-state index contributed by atoms with van der Waals surface area (Å²) >= 11 is 0. The van der Waals surface area contributed by atoms with Gasteiger partial charge in [-0.15, -0.1) is 0 Å². The van der Waals surface area contributed by atoms with Crippen LogP contribution in [0.4, 0.5) is 10.6 Å². The molecule has 0 radical (unpaired) electrons.